The Bertz CT molecular complexity index is 772. The van der Waals surface area contributed by atoms with Crippen LogP contribution in [-0.2, 0) is 17.9 Å². The van der Waals surface area contributed by atoms with E-state index in [1.807, 2.05) is 37.3 Å². The predicted octanol–water partition coefficient (Wildman–Crippen LogP) is 1.49. The van der Waals surface area contributed by atoms with E-state index >= 15 is 0 Å². The van der Waals surface area contributed by atoms with Crippen LogP contribution in [0.25, 0.3) is 0 Å². The molecular weight excluding hydrogens is 342 g/mol. The highest BCUT2D eigenvalue weighted by molar-refractivity contribution is 8.00. The van der Waals surface area contributed by atoms with E-state index in [9.17, 15) is 14.4 Å². The number of nitrogens with one attached hydrogen (secondary N) is 3. The van der Waals surface area contributed by atoms with Gasteiger partial charge in [-0.15, -0.1) is 5.10 Å². The summed E-state index contributed by atoms with van der Waals surface area (Å²) in [6, 6.07) is 8.83. The van der Waals surface area contributed by atoms with E-state index in [1.54, 1.807) is 6.92 Å². The number of carbonyl (C=O) groups excluding carboxylic acids is 2. The lowest BCUT2D eigenvalue weighted by Crippen LogP contribution is -2.42. The Morgan fingerprint density at radius 1 is 1.32 bits per heavy atom. The maximum atomic E-state index is 12.1. The molecule has 0 aliphatic rings. The summed E-state index contributed by atoms with van der Waals surface area (Å²) in [4.78, 5) is 35.6. The van der Waals surface area contributed by atoms with Crippen molar-refractivity contribution in [3.8, 4) is 0 Å². The van der Waals surface area contributed by atoms with Gasteiger partial charge in [-0.25, -0.2) is 14.7 Å². The van der Waals surface area contributed by atoms with Crippen LogP contribution in [0.5, 0.6) is 0 Å². The number of benzene rings is 1. The number of aromatic nitrogens is 3. The number of aromatic amines is 1. The van der Waals surface area contributed by atoms with Crippen molar-refractivity contribution < 1.29 is 9.59 Å². The molecule has 0 aliphatic heterocycles. The fraction of sp³-hybridized carbons (Fsp3) is 0.375. The molecule has 25 heavy (non-hydrogen) atoms. The van der Waals surface area contributed by atoms with E-state index in [4.69, 9.17) is 0 Å². The summed E-state index contributed by atoms with van der Waals surface area (Å²) in [6.45, 7) is 4.45. The minimum absolute atomic E-state index is 0.308. The van der Waals surface area contributed by atoms with Crippen LogP contribution in [-0.4, -0.2) is 32.0 Å². The zero-order chi connectivity index (χ0) is 18.2. The van der Waals surface area contributed by atoms with Crippen molar-refractivity contribution in [1.82, 2.24) is 25.4 Å². The first-order valence-electron chi connectivity index (χ1n) is 7.95. The monoisotopic (exact) mass is 363 g/mol. The molecule has 0 bridgehead atoms. The van der Waals surface area contributed by atoms with Crippen LogP contribution in [0.4, 0.5) is 4.79 Å². The molecule has 2 rings (SSSR count). The molecule has 9 heteroatoms. The number of urea groups is 1. The topological polar surface area (TPSA) is 109 Å². The number of hydrogen-bond acceptors (Lipinski definition) is 5. The number of hydrogen-bond donors (Lipinski definition) is 3. The molecule has 3 amide bonds. The number of thioether (sulfide) groups is 1. The lowest BCUT2D eigenvalue weighted by Gasteiger charge is -2.12. The molecule has 0 saturated carbocycles. The first-order chi connectivity index (χ1) is 12.0. The van der Waals surface area contributed by atoms with Crippen LogP contribution >= 0.6 is 11.8 Å². The lowest BCUT2D eigenvalue weighted by atomic mass is 10.2. The molecule has 0 unspecified atom stereocenters. The van der Waals surface area contributed by atoms with E-state index in [-0.39, 0.29) is 5.69 Å². The molecule has 1 aromatic carbocycles. The third-order valence-corrected chi connectivity index (χ3v) is 4.44. The van der Waals surface area contributed by atoms with Gasteiger partial charge in [-0.05, 0) is 18.9 Å². The van der Waals surface area contributed by atoms with Crippen molar-refractivity contribution in [2.45, 2.75) is 43.8 Å². The van der Waals surface area contributed by atoms with Crippen molar-refractivity contribution in [3.05, 3.63) is 46.4 Å². The molecule has 3 N–H and O–H groups in total. The number of nitrogens with zero attached hydrogens (tertiary/aromatic N) is 2. The van der Waals surface area contributed by atoms with E-state index in [1.165, 1.54) is 4.57 Å². The van der Waals surface area contributed by atoms with Gasteiger partial charge in [0.25, 0.3) is 0 Å². The van der Waals surface area contributed by atoms with Gasteiger partial charge < -0.3 is 5.32 Å². The van der Waals surface area contributed by atoms with Gasteiger partial charge >= 0.3 is 11.7 Å². The summed E-state index contributed by atoms with van der Waals surface area (Å²) >= 11 is 1.12. The van der Waals surface area contributed by atoms with E-state index in [2.05, 4.69) is 20.8 Å². The van der Waals surface area contributed by atoms with Crippen molar-refractivity contribution in [2.75, 3.05) is 0 Å². The Hall–Kier alpha value is -2.55. The van der Waals surface area contributed by atoms with E-state index in [0.717, 1.165) is 23.7 Å². The second-order valence-corrected chi connectivity index (χ2v) is 6.69. The van der Waals surface area contributed by atoms with Crippen molar-refractivity contribution >= 4 is 23.7 Å². The minimum Gasteiger partial charge on any atom is -0.334 e. The average molecular weight is 363 g/mol. The molecule has 1 atom stereocenters. The SMILES string of the molecule is CCCn1c(S[C@H](C)C(=O)NC(=O)NCc2ccccc2)n[nH]c1=O. The maximum absolute atomic E-state index is 12.1. The van der Waals surface area contributed by atoms with Gasteiger partial charge in [0.2, 0.25) is 5.91 Å². The molecule has 0 spiro atoms. The molecule has 134 valence electrons. The van der Waals surface area contributed by atoms with Crippen LogP contribution in [0.15, 0.2) is 40.3 Å². The van der Waals surface area contributed by atoms with Crippen LogP contribution in [0, 0.1) is 0 Å². The summed E-state index contributed by atoms with van der Waals surface area (Å²) in [7, 11) is 0. The molecule has 2 aromatic rings. The molecule has 1 aromatic heterocycles. The molecule has 0 saturated heterocycles. The van der Waals surface area contributed by atoms with Crippen LogP contribution in [0.3, 0.4) is 0 Å². The summed E-state index contributed by atoms with van der Waals surface area (Å²) < 4.78 is 1.48. The number of imide groups is 1. The molecule has 0 aliphatic carbocycles. The first-order valence-corrected chi connectivity index (χ1v) is 8.83. The predicted molar refractivity (Wildman–Crippen MR) is 95.3 cm³/mol. The van der Waals surface area contributed by atoms with Gasteiger partial charge in [-0.3, -0.25) is 14.7 Å². The van der Waals surface area contributed by atoms with Crippen LogP contribution in [0.1, 0.15) is 25.8 Å². The normalized spacial score (nSPS) is 11.8. The van der Waals surface area contributed by atoms with Gasteiger partial charge in [0, 0.05) is 13.1 Å². The Kier molecular flexibility index (Phi) is 6.81. The van der Waals surface area contributed by atoms with E-state index in [0.29, 0.717) is 18.2 Å². The number of carbonyl (C=O) groups is 2. The minimum atomic E-state index is -0.576. The van der Waals surface area contributed by atoms with Crippen molar-refractivity contribution in [2.24, 2.45) is 0 Å². The largest absolute Gasteiger partial charge is 0.343 e. The highest BCUT2D eigenvalue weighted by Gasteiger charge is 2.20. The average Bonchev–Trinajstić information content (AvgIpc) is 2.94. The van der Waals surface area contributed by atoms with Gasteiger partial charge in [0.05, 0.1) is 5.25 Å². The summed E-state index contributed by atoms with van der Waals surface area (Å²) in [5.74, 6) is -0.450. The summed E-state index contributed by atoms with van der Waals surface area (Å²) in [6.07, 6.45) is 0.773. The van der Waals surface area contributed by atoms with Crippen LogP contribution in [0.2, 0.25) is 0 Å². The van der Waals surface area contributed by atoms with Crippen molar-refractivity contribution in [3.63, 3.8) is 0 Å². The number of amides is 3. The fourth-order valence-corrected chi connectivity index (χ4v) is 2.94. The lowest BCUT2D eigenvalue weighted by molar-refractivity contribution is -0.119. The Morgan fingerprint density at radius 3 is 2.72 bits per heavy atom. The third kappa shape index (κ3) is 5.49. The summed E-state index contributed by atoms with van der Waals surface area (Å²) in [5, 5.41) is 11.1. The highest BCUT2D eigenvalue weighted by Crippen LogP contribution is 2.19. The zero-order valence-corrected chi connectivity index (χ0v) is 14.9. The zero-order valence-electron chi connectivity index (χ0n) is 14.1. The fourth-order valence-electron chi connectivity index (χ4n) is 2.06. The maximum Gasteiger partial charge on any atom is 0.343 e. The van der Waals surface area contributed by atoms with Crippen molar-refractivity contribution in [1.29, 1.82) is 0 Å². The second-order valence-electron chi connectivity index (χ2n) is 5.38. The molecule has 8 nitrogen and oxygen atoms in total. The van der Waals surface area contributed by atoms with Gasteiger partial charge in [0.15, 0.2) is 5.16 Å². The number of H-pyrrole nitrogens is 1. The van der Waals surface area contributed by atoms with Gasteiger partial charge in [-0.1, -0.05) is 49.0 Å². The smallest absolute Gasteiger partial charge is 0.334 e. The standard InChI is InChI=1S/C16H21N5O3S/c1-3-9-21-15(24)19-20-16(21)25-11(2)13(22)18-14(23)17-10-12-7-5-4-6-8-12/h4-8,11H,3,9-10H2,1-2H3,(H,19,24)(H2,17,18,22,23)/t11-/m1/s1. The Labute approximate surface area is 149 Å². The first kappa shape index (κ1) is 18.8. The van der Waals surface area contributed by atoms with Gasteiger partial charge in [0.1, 0.15) is 0 Å². The van der Waals surface area contributed by atoms with Crippen LogP contribution < -0.4 is 16.3 Å². The molecule has 0 fully saturated rings. The quantitative estimate of drug-likeness (QED) is 0.646. The van der Waals surface area contributed by atoms with Gasteiger partial charge in [-0.2, -0.15) is 0 Å². The molecule has 0 radical (unpaired) electrons. The third-order valence-electron chi connectivity index (χ3n) is 3.35. The summed E-state index contributed by atoms with van der Waals surface area (Å²) in [5.41, 5.74) is 0.630. The number of rotatable bonds is 7. The second kappa shape index (κ2) is 9.07. The Balaban J connectivity index is 1.85. The highest BCUT2D eigenvalue weighted by atomic mass is 32.2. The molecule has 1 heterocycles. The van der Waals surface area contributed by atoms with E-state index < -0.39 is 17.2 Å². The molecular formula is C16H21N5O3S. The Morgan fingerprint density at radius 2 is 2.04 bits per heavy atom.